The minimum atomic E-state index is -0.511. The highest BCUT2D eigenvalue weighted by molar-refractivity contribution is 9.10. The van der Waals surface area contributed by atoms with Gasteiger partial charge >= 0.3 is 5.97 Å². The van der Waals surface area contributed by atoms with Crippen LogP contribution in [0.25, 0.3) is 0 Å². The summed E-state index contributed by atoms with van der Waals surface area (Å²) in [6.07, 6.45) is 0. The number of nitrogens with zero attached hydrogens (tertiary/aromatic N) is 1. The smallest absolute Gasteiger partial charge is 0.344 e. The molecule has 5 nitrogen and oxygen atoms in total. The van der Waals surface area contributed by atoms with Crippen LogP contribution >= 0.6 is 15.9 Å². The molecule has 1 aromatic heterocycles. The summed E-state index contributed by atoms with van der Waals surface area (Å²) in [6.45, 7) is 0.114. The van der Waals surface area contributed by atoms with Crippen LogP contribution in [0.15, 0.2) is 9.13 Å². The van der Waals surface area contributed by atoms with Crippen LogP contribution in [0.5, 0.6) is 0 Å². The molecular formula is C6H7BrN2O3. The monoisotopic (exact) mass is 234 g/mol. The van der Waals surface area contributed by atoms with Gasteiger partial charge in [-0.05, 0) is 15.9 Å². The standard InChI is InChI=1S/C6H7BrN2O3/c1-11-6(10)4-3(2-8)12-9-5(4)7/h2,8H2,1H3. The molecule has 1 rings (SSSR count). The van der Waals surface area contributed by atoms with Gasteiger partial charge in [0.25, 0.3) is 0 Å². The van der Waals surface area contributed by atoms with E-state index in [9.17, 15) is 4.79 Å². The maximum Gasteiger partial charge on any atom is 0.344 e. The molecule has 0 atom stereocenters. The number of rotatable bonds is 2. The number of aromatic nitrogens is 1. The van der Waals surface area contributed by atoms with Crippen molar-refractivity contribution in [1.29, 1.82) is 0 Å². The molecule has 0 bridgehead atoms. The zero-order valence-electron chi connectivity index (χ0n) is 6.33. The summed E-state index contributed by atoms with van der Waals surface area (Å²) in [5, 5.41) is 3.52. The first-order chi connectivity index (χ1) is 5.70. The summed E-state index contributed by atoms with van der Waals surface area (Å²) in [5.41, 5.74) is 5.54. The summed E-state index contributed by atoms with van der Waals surface area (Å²) in [4.78, 5) is 11.1. The number of esters is 1. The highest BCUT2D eigenvalue weighted by atomic mass is 79.9. The van der Waals surface area contributed by atoms with Crippen molar-refractivity contribution >= 4 is 21.9 Å². The fourth-order valence-corrected chi connectivity index (χ4v) is 1.20. The first-order valence-corrected chi connectivity index (χ1v) is 3.92. The van der Waals surface area contributed by atoms with Gasteiger partial charge in [-0.25, -0.2) is 4.79 Å². The molecule has 0 saturated carbocycles. The van der Waals surface area contributed by atoms with Crippen molar-refractivity contribution in [2.45, 2.75) is 6.54 Å². The molecule has 0 aliphatic heterocycles. The number of halogens is 1. The van der Waals surface area contributed by atoms with Gasteiger partial charge < -0.3 is 15.0 Å². The zero-order valence-corrected chi connectivity index (χ0v) is 7.92. The van der Waals surface area contributed by atoms with E-state index in [0.29, 0.717) is 10.4 Å². The summed E-state index contributed by atoms with van der Waals surface area (Å²) < 4.78 is 9.55. The molecule has 0 aliphatic rings. The van der Waals surface area contributed by atoms with Crippen molar-refractivity contribution in [3.63, 3.8) is 0 Å². The van der Waals surface area contributed by atoms with Gasteiger partial charge in [0.05, 0.1) is 13.7 Å². The van der Waals surface area contributed by atoms with Gasteiger partial charge in [0, 0.05) is 0 Å². The van der Waals surface area contributed by atoms with Gasteiger partial charge in [-0.1, -0.05) is 5.16 Å². The van der Waals surface area contributed by atoms with Crippen molar-refractivity contribution in [3.05, 3.63) is 15.9 Å². The van der Waals surface area contributed by atoms with Crippen molar-refractivity contribution in [1.82, 2.24) is 5.16 Å². The van der Waals surface area contributed by atoms with Gasteiger partial charge in [-0.2, -0.15) is 0 Å². The van der Waals surface area contributed by atoms with Crippen LogP contribution in [0, 0.1) is 0 Å². The van der Waals surface area contributed by atoms with E-state index in [4.69, 9.17) is 10.3 Å². The molecule has 0 amide bonds. The van der Waals surface area contributed by atoms with E-state index in [1.807, 2.05) is 0 Å². The van der Waals surface area contributed by atoms with Crippen LogP contribution in [0.4, 0.5) is 0 Å². The third kappa shape index (κ3) is 1.49. The van der Waals surface area contributed by atoms with Crippen LogP contribution in [-0.4, -0.2) is 18.2 Å². The Labute approximate surface area is 77.0 Å². The van der Waals surface area contributed by atoms with Gasteiger partial charge in [0.1, 0.15) is 5.56 Å². The average Bonchev–Trinajstić information content (AvgIpc) is 2.45. The summed E-state index contributed by atoms with van der Waals surface area (Å²) >= 11 is 3.04. The molecule has 1 heterocycles. The number of ether oxygens (including phenoxy) is 1. The maximum absolute atomic E-state index is 11.1. The van der Waals surface area contributed by atoms with Crippen LogP contribution in [0.2, 0.25) is 0 Å². The molecule has 66 valence electrons. The number of nitrogens with two attached hydrogens (primary N) is 1. The van der Waals surface area contributed by atoms with Crippen LogP contribution in [0.1, 0.15) is 16.1 Å². The Bertz CT molecular complexity index is 297. The van der Waals surface area contributed by atoms with Gasteiger partial charge in [-0.3, -0.25) is 0 Å². The highest BCUT2D eigenvalue weighted by Gasteiger charge is 2.20. The molecule has 2 N–H and O–H groups in total. The minimum absolute atomic E-state index is 0.114. The van der Waals surface area contributed by atoms with E-state index in [1.54, 1.807) is 0 Å². The van der Waals surface area contributed by atoms with Crippen molar-refractivity contribution in [2.75, 3.05) is 7.11 Å². The fourth-order valence-electron chi connectivity index (χ4n) is 0.741. The lowest BCUT2D eigenvalue weighted by Crippen LogP contribution is -2.06. The lowest BCUT2D eigenvalue weighted by molar-refractivity contribution is 0.0597. The molecule has 0 aliphatic carbocycles. The van der Waals surface area contributed by atoms with Crippen LogP contribution < -0.4 is 5.73 Å². The highest BCUT2D eigenvalue weighted by Crippen LogP contribution is 2.19. The number of methoxy groups -OCH3 is 1. The zero-order chi connectivity index (χ0) is 9.14. The number of hydrogen-bond acceptors (Lipinski definition) is 5. The van der Waals surface area contributed by atoms with Crippen molar-refractivity contribution < 1.29 is 14.1 Å². The van der Waals surface area contributed by atoms with Crippen LogP contribution in [-0.2, 0) is 11.3 Å². The molecule has 0 fully saturated rings. The summed E-state index contributed by atoms with van der Waals surface area (Å²) in [7, 11) is 1.28. The number of carbonyl (C=O) groups excluding carboxylic acids is 1. The molecule has 0 unspecified atom stereocenters. The van der Waals surface area contributed by atoms with Gasteiger partial charge in [-0.15, -0.1) is 0 Å². The Kier molecular flexibility index (Phi) is 2.83. The van der Waals surface area contributed by atoms with E-state index in [1.165, 1.54) is 7.11 Å². The topological polar surface area (TPSA) is 78.3 Å². The third-order valence-corrected chi connectivity index (χ3v) is 1.84. The molecule has 0 spiro atoms. The normalized spacial score (nSPS) is 9.92. The molecule has 12 heavy (non-hydrogen) atoms. The predicted octanol–water partition coefficient (Wildman–Crippen LogP) is 0.682. The second-order valence-electron chi connectivity index (χ2n) is 1.97. The SMILES string of the molecule is COC(=O)c1c(Br)noc1CN. The third-order valence-electron chi connectivity index (χ3n) is 1.30. The fraction of sp³-hybridized carbons (Fsp3) is 0.333. The maximum atomic E-state index is 11.1. The van der Waals surface area contributed by atoms with E-state index < -0.39 is 5.97 Å². The van der Waals surface area contributed by atoms with E-state index in [0.717, 1.165) is 0 Å². The van der Waals surface area contributed by atoms with Crippen molar-refractivity contribution in [3.8, 4) is 0 Å². The second kappa shape index (κ2) is 3.68. The molecule has 0 saturated heterocycles. The largest absolute Gasteiger partial charge is 0.465 e. The minimum Gasteiger partial charge on any atom is -0.465 e. The first-order valence-electron chi connectivity index (χ1n) is 3.13. The second-order valence-corrected chi connectivity index (χ2v) is 2.72. The Morgan fingerprint density at radius 2 is 2.50 bits per heavy atom. The van der Waals surface area contributed by atoms with E-state index in [-0.39, 0.29) is 12.1 Å². The Balaban J connectivity index is 3.10. The van der Waals surface area contributed by atoms with E-state index in [2.05, 4.69) is 25.8 Å². The lowest BCUT2D eigenvalue weighted by atomic mass is 10.2. The summed E-state index contributed by atoms with van der Waals surface area (Å²) in [5.74, 6) is -0.197. The average molecular weight is 235 g/mol. The lowest BCUT2D eigenvalue weighted by Gasteiger charge is -1.95. The van der Waals surface area contributed by atoms with Gasteiger partial charge in [0.2, 0.25) is 0 Å². The number of carbonyl (C=O) groups is 1. The molecule has 0 radical (unpaired) electrons. The first kappa shape index (κ1) is 9.21. The quantitative estimate of drug-likeness (QED) is 0.762. The summed E-state index contributed by atoms with van der Waals surface area (Å²) in [6, 6.07) is 0. The molecule has 0 aromatic carbocycles. The Morgan fingerprint density at radius 3 is 3.00 bits per heavy atom. The Hall–Kier alpha value is -0.880. The molecular weight excluding hydrogens is 228 g/mol. The molecule has 6 heteroatoms. The van der Waals surface area contributed by atoms with E-state index >= 15 is 0 Å². The van der Waals surface area contributed by atoms with Gasteiger partial charge in [0.15, 0.2) is 10.4 Å². The van der Waals surface area contributed by atoms with Crippen molar-refractivity contribution in [2.24, 2.45) is 5.73 Å². The van der Waals surface area contributed by atoms with Crippen LogP contribution in [0.3, 0.4) is 0 Å². The predicted molar refractivity (Wildman–Crippen MR) is 43.4 cm³/mol. The Morgan fingerprint density at radius 1 is 1.83 bits per heavy atom. The molecule has 1 aromatic rings. The number of hydrogen-bond donors (Lipinski definition) is 1.